The largest absolute Gasteiger partial charge is 0.333 e. The molecular weight excluding hydrogens is 548 g/mol. The number of carbonyl (C=O) groups is 3. The van der Waals surface area contributed by atoms with Gasteiger partial charge < -0.3 is 9.80 Å². The summed E-state index contributed by atoms with van der Waals surface area (Å²) in [6.07, 6.45) is 2.24. The van der Waals surface area contributed by atoms with E-state index in [4.69, 9.17) is 4.98 Å². The highest BCUT2D eigenvalue weighted by Gasteiger charge is 2.74. The summed E-state index contributed by atoms with van der Waals surface area (Å²) in [5, 5.41) is 9.78. The molecular formula is C32H36N6O3S. The van der Waals surface area contributed by atoms with E-state index in [1.165, 1.54) is 16.2 Å². The average molecular weight is 585 g/mol. The number of hydrogen-bond acceptors (Lipinski definition) is 8. The van der Waals surface area contributed by atoms with Gasteiger partial charge >= 0.3 is 0 Å². The van der Waals surface area contributed by atoms with Crippen LogP contribution in [0, 0.1) is 35.5 Å². The van der Waals surface area contributed by atoms with Crippen molar-refractivity contribution in [1.29, 1.82) is 5.26 Å². The summed E-state index contributed by atoms with van der Waals surface area (Å²) in [6.45, 7) is 14.0. The molecule has 2 aliphatic heterocycles. The monoisotopic (exact) mass is 584 g/mol. The van der Waals surface area contributed by atoms with E-state index in [1.807, 2.05) is 58.6 Å². The number of nitriles is 1. The van der Waals surface area contributed by atoms with E-state index in [-0.39, 0.29) is 46.7 Å². The second kappa shape index (κ2) is 9.68. The number of pyridine rings is 2. The molecule has 0 radical (unpaired) electrons. The molecule has 3 amide bonds. The Morgan fingerprint density at radius 1 is 1.21 bits per heavy atom. The van der Waals surface area contributed by atoms with Crippen molar-refractivity contribution in [2.45, 2.75) is 59.5 Å². The van der Waals surface area contributed by atoms with Crippen LogP contribution < -0.4 is 0 Å². The van der Waals surface area contributed by atoms with Gasteiger partial charge in [-0.05, 0) is 63.4 Å². The minimum Gasteiger partial charge on any atom is -0.333 e. The van der Waals surface area contributed by atoms with Crippen LogP contribution in [-0.2, 0) is 15.1 Å². The van der Waals surface area contributed by atoms with E-state index < -0.39 is 5.54 Å². The highest BCUT2D eigenvalue weighted by molar-refractivity contribution is 7.19. The topological polar surface area (TPSA) is 110 Å². The molecule has 3 aromatic rings. The first-order valence-electron chi connectivity index (χ1n) is 14.5. The molecule has 1 aliphatic carbocycles. The van der Waals surface area contributed by atoms with Crippen molar-refractivity contribution in [3.63, 3.8) is 0 Å². The Hall–Kier alpha value is -3.68. The van der Waals surface area contributed by atoms with Gasteiger partial charge in [-0.3, -0.25) is 24.3 Å². The van der Waals surface area contributed by atoms with E-state index in [0.717, 1.165) is 22.7 Å². The fourth-order valence-corrected chi connectivity index (χ4v) is 8.38. The molecule has 2 saturated heterocycles. The van der Waals surface area contributed by atoms with Gasteiger partial charge in [-0.2, -0.15) is 5.26 Å². The van der Waals surface area contributed by atoms with Crippen LogP contribution in [0.5, 0.6) is 0 Å². The summed E-state index contributed by atoms with van der Waals surface area (Å²) in [5.41, 5.74) is 2.17. The van der Waals surface area contributed by atoms with Crippen LogP contribution in [0.2, 0.25) is 0 Å². The summed E-state index contributed by atoms with van der Waals surface area (Å²) < 4.78 is 0.805. The predicted octanol–water partition coefficient (Wildman–Crippen LogP) is 4.58. The molecule has 6 rings (SSSR count). The molecule has 42 heavy (non-hydrogen) atoms. The van der Waals surface area contributed by atoms with Crippen LogP contribution in [0.1, 0.15) is 67.5 Å². The molecule has 3 fully saturated rings. The number of rotatable bonds is 5. The first kappa shape index (κ1) is 28.4. The van der Waals surface area contributed by atoms with Gasteiger partial charge in [0.15, 0.2) is 0 Å². The summed E-state index contributed by atoms with van der Waals surface area (Å²) >= 11 is 1.47. The maximum atomic E-state index is 14.1. The minimum absolute atomic E-state index is 0.0296. The van der Waals surface area contributed by atoms with E-state index in [9.17, 15) is 19.6 Å². The van der Waals surface area contributed by atoms with Crippen molar-refractivity contribution in [3.05, 3.63) is 46.1 Å². The molecule has 4 unspecified atom stereocenters. The molecule has 0 bridgehead atoms. The lowest BCUT2D eigenvalue weighted by Crippen LogP contribution is -2.52. The van der Waals surface area contributed by atoms with Gasteiger partial charge in [0, 0.05) is 42.3 Å². The number of thiophene rings is 1. The van der Waals surface area contributed by atoms with Crippen LogP contribution in [-0.4, -0.2) is 75.1 Å². The SMILES string of the molecule is CCC(C)(c1cc2nccc(-c3nc(C#N)cc(C)c3C(=O)N3CCN(C)CC3C)c2s1)N1C(=O)C2C(C1=O)C2(C)C. The summed E-state index contributed by atoms with van der Waals surface area (Å²) in [5.74, 6) is -0.817. The van der Waals surface area contributed by atoms with Gasteiger partial charge in [-0.15, -0.1) is 11.3 Å². The van der Waals surface area contributed by atoms with Crippen LogP contribution in [0.25, 0.3) is 21.5 Å². The molecule has 0 aromatic carbocycles. The van der Waals surface area contributed by atoms with E-state index in [1.54, 1.807) is 12.3 Å². The zero-order valence-electron chi connectivity index (χ0n) is 25.2. The first-order chi connectivity index (χ1) is 19.8. The van der Waals surface area contributed by atoms with Crippen molar-refractivity contribution in [3.8, 4) is 17.3 Å². The van der Waals surface area contributed by atoms with Crippen LogP contribution >= 0.6 is 11.3 Å². The fraction of sp³-hybridized carbons (Fsp3) is 0.500. The molecule has 0 N–H and O–H groups in total. The number of carbonyl (C=O) groups excluding carboxylic acids is 3. The van der Waals surface area contributed by atoms with Gasteiger partial charge in [0.25, 0.3) is 5.91 Å². The maximum absolute atomic E-state index is 14.1. The molecule has 4 atom stereocenters. The second-order valence-corrected chi connectivity index (χ2v) is 13.9. The molecule has 9 nitrogen and oxygen atoms in total. The number of aromatic nitrogens is 2. The molecule has 3 aromatic heterocycles. The normalized spacial score (nSPS) is 25.0. The van der Waals surface area contributed by atoms with Crippen LogP contribution in [0.4, 0.5) is 0 Å². The fourth-order valence-electron chi connectivity index (χ4n) is 7.05. The summed E-state index contributed by atoms with van der Waals surface area (Å²) in [7, 11) is 2.05. The smallest absolute Gasteiger partial charge is 0.256 e. The number of likely N-dealkylation sites (N-methyl/N-ethyl adjacent to an activating group) is 1. The predicted molar refractivity (Wildman–Crippen MR) is 161 cm³/mol. The van der Waals surface area contributed by atoms with Crippen molar-refractivity contribution in [2.75, 3.05) is 26.7 Å². The van der Waals surface area contributed by atoms with Gasteiger partial charge in [-0.25, -0.2) is 4.98 Å². The summed E-state index contributed by atoms with van der Waals surface area (Å²) in [4.78, 5) is 56.8. The van der Waals surface area contributed by atoms with Gasteiger partial charge in [0.2, 0.25) is 11.8 Å². The standard InChI is InChI=1S/C32H36N6O3S/c1-8-32(6,38-29(40)24-25(30(38)41)31(24,4)5)22-14-21-27(42-22)20(9-10-34-21)26-23(17(2)13-19(15-33)35-26)28(39)37-12-11-36(7)16-18(37)3/h9-10,13-14,18,24-25H,8,11-12,16H2,1-7H3. The van der Waals surface area contributed by atoms with Crippen LogP contribution in [0.15, 0.2) is 24.4 Å². The first-order valence-corrected chi connectivity index (χ1v) is 15.3. The lowest BCUT2D eigenvalue weighted by atomic mass is 9.92. The Kier molecular flexibility index (Phi) is 6.55. The number of hydrogen-bond donors (Lipinski definition) is 0. The number of likely N-dealkylation sites (tertiary alicyclic amines) is 1. The van der Waals surface area contributed by atoms with E-state index in [2.05, 4.69) is 23.0 Å². The molecule has 218 valence electrons. The van der Waals surface area contributed by atoms with E-state index >= 15 is 0 Å². The van der Waals surface area contributed by atoms with Crippen molar-refractivity contribution in [2.24, 2.45) is 17.3 Å². The third kappa shape index (κ3) is 4.01. The Balaban J connectivity index is 1.47. The number of nitrogens with zero attached hydrogens (tertiary/aromatic N) is 6. The van der Waals surface area contributed by atoms with E-state index in [0.29, 0.717) is 40.9 Å². The lowest BCUT2D eigenvalue weighted by molar-refractivity contribution is -0.150. The van der Waals surface area contributed by atoms with Crippen molar-refractivity contribution >= 4 is 39.3 Å². The maximum Gasteiger partial charge on any atom is 0.256 e. The lowest BCUT2D eigenvalue weighted by Gasteiger charge is -2.38. The highest BCUT2D eigenvalue weighted by Crippen LogP contribution is 2.65. The molecule has 10 heteroatoms. The third-order valence-electron chi connectivity index (χ3n) is 9.82. The quantitative estimate of drug-likeness (QED) is 0.404. The molecule has 0 spiro atoms. The van der Waals surface area contributed by atoms with Gasteiger partial charge in [0.05, 0.1) is 38.8 Å². The number of piperidine rings is 1. The number of amides is 3. The van der Waals surface area contributed by atoms with Gasteiger partial charge in [0.1, 0.15) is 11.8 Å². The second-order valence-electron chi connectivity index (χ2n) is 12.9. The Bertz CT molecular complexity index is 1680. The molecule has 3 aliphatic rings. The molecule has 1 saturated carbocycles. The Morgan fingerprint density at radius 2 is 1.90 bits per heavy atom. The number of fused-ring (bicyclic) bond motifs is 2. The number of imide groups is 1. The Labute approximate surface area is 250 Å². The van der Waals surface area contributed by atoms with Crippen molar-refractivity contribution in [1.82, 2.24) is 24.7 Å². The average Bonchev–Trinajstić information content (AvgIpc) is 3.20. The van der Waals surface area contributed by atoms with Crippen LogP contribution in [0.3, 0.4) is 0 Å². The molecule has 5 heterocycles. The zero-order valence-corrected chi connectivity index (χ0v) is 26.0. The van der Waals surface area contributed by atoms with Crippen molar-refractivity contribution < 1.29 is 14.4 Å². The zero-order chi connectivity index (χ0) is 30.3. The third-order valence-corrected chi connectivity index (χ3v) is 11.2. The highest BCUT2D eigenvalue weighted by atomic mass is 32.1. The summed E-state index contributed by atoms with van der Waals surface area (Å²) in [6, 6.07) is 7.64. The Morgan fingerprint density at radius 3 is 2.52 bits per heavy atom. The van der Waals surface area contributed by atoms with Gasteiger partial charge in [-0.1, -0.05) is 20.8 Å². The number of piperazine rings is 1. The number of aryl methyl sites for hydroxylation is 1. The minimum atomic E-state index is -0.827.